The maximum Gasteiger partial charge on any atom is 0.513 e. The van der Waals surface area contributed by atoms with Crippen LogP contribution in [0.4, 0.5) is 9.59 Å². The van der Waals surface area contributed by atoms with Gasteiger partial charge in [0.15, 0.2) is 11.5 Å². The van der Waals surface area contributed by atoms with Crippen LogP contribution in [-0.2, 0) is 14.3 Å². The van der Waals surface area contributed by atoms with E-state index >= 15 is 0 Å². The van der Waals surface area contributed by atoms with Crippen LogP contribution in [0.3, 0.4) is 0 Å². The predicted molar refractivity (Wildman–Crippen MR) is 85.7 cm³/mol. The van der Waals surface area contributed by atoms with E-state index in [0.717, 1.165) is 26.0 Å². The van der Waals surface area contributed by atoms with E-state index in [0.29, 0.717) is 15.7 Å². The second-order valence-electron chi connectivity index (χ2n) is 4.58. The zero-order valence-electron chi connectivity index (χ0n) is 13.3. The van der Waals surface area contributed by atoms with Gasteiger partial charge in [0.05, 0.1) is 20.2 Å². The summed E-state index contributed by atoms with van der Waals surface area (Å²) in [5, 5.41) is 11.9. The zero-order chi connectivity index (χ0) is 18.4. The number of rotatable bonds is 5. The van der Waals surface area contributed by atoms with Crippen LogP contribution in [0.15, 0.2) is 35.2 Å². The largest absolute Gasteiger partial charge is 0.549 e. The van der Waals surface area contributed by atoms with Gasteiger partial charge in [-0.1, -0.05) is 6.07 Å². The molecule has 0 saturated heterocycles. The highest BCUT2D eigenvalue weighted by Gasteiger charge is 2.16. The monoisotopic (exact) mass is 365 g/mol. The molecule has 0 spiro atoms. The summed E-state index contributed by atoms with van der Waals surface area (Å²) < 4.78 is 18.8. The molecule has 8 nitrogen and oxygen atoms in total. The van der Waals surface area contributed by atoms with Crippen molar-refractivity contribution < 1.29 is 38.4 Å². The molecule has 0 aromatic heterocycles. The van der Waals surface area contributed by atoms with E-state index in [2.05, 4.69) is 9.47 Å². The molecular formula is C16H13O8S-. The van der Waals surface area contributed by atoms with Gasteiger partial charge in [-0.15, -0.1) is 11.8 Å². The number of thioether (sulfide) groups is 1. The van der Waals surface area contributed by atoms with Crippen molar-refractivity contribution in [3.05, 3.63) is 30.3 Å². The number of ether oxygens (including phenoxy) is 4. The van der Waals surface area contributed by atoms with Gasteiger partial charge < -0.3 is 28.8 Å². The SMILES string of the molecule is COC(=O)Oc1cc2ccc(SCC(=O)[O-])cc2cc1OC(=O)OC. The molecule has 132 valence electrons. The second-order valence-corrected chi connectivity index (χ2v) is 5.63. The van der Waals surface area contributed by atoms with Gasteiger partial charge >= 0.3 is 12.3 Å². The summed E-state index contributed by atoms with van der Waals surface area (Å²) >= 11 is 1.09. The number of carbonyl (C=O) groups is 3. The van der Waals surface area contributed by atoms with Crippen LogP contribution in [-0.4, -0.2) is 38.3 Å². The number of carboxylic acid groups (broad SMARTS) is 1. The Morgan fingerprint density at radius 1 is 0.920 bits per heavy atom. The maximum absolute atomic E-state index is 11.4. The smallest absolute Gasteiger partial charge is 0.513 e. The Balaban J connectivity index is 2.42. The van der Waals surface area contributed by atoms with Gasteiger partial charge in [-0.05, 0) is 35.0 Å². The fraction of sp³-hybridized carbons (Fsp3) is 0.188. The van der Waals surface area contributed by atoms with Gasteiger partial charge in [-0.2, -0.15) is 0 Å². The van der Waals surface area contributed by atoms with Gasteiger partial charge in [0.25, 0.3) is 0 Å². The maximum atomic E-state index is 11.4. The molecule has 2 aromatic carbocycles. The number of carbonyl (C=O) groups excluding carboxylic acids is 3. The topological polar surface area (TPSA) is 111 Å². The van der Waals surface area contributed by atoms with Crippen LogP contribution in [0.5, 0.6) is 11.5 Å². The molecule has 0 bridgehead atoms. The van der Waals surface area contributed by atoms with E-state index in [1.165, 1.54) is 12.1 Å². The lowest BCUT2D eigenvalue weighted by atomic mass is 10.1. The minimum Gasteiger partial charge on any atom is -0.549 e. The zero-order valence-corrected chi connectivity index (χ0v) is 14.1. The highest BCUT2D eigenvalue weighted by molar-refractivity contribution is 8.00. The molecule has 0 fully saturated rings. The third-order valence-electron chi connectivity index (χ3n) is 2.95. The summed E-state index contributed by atoms with van der Waals surface area (Å²) in [7, 11) is 2.28. The van der Waals surface area contributed by atoms with Crippen LogP contribution in [0.2, 0.25) is 0 Å². The molecule has 0 unspecified atom stereocenters. The van der Waals surface area contributed by atoms with Crippen molar-refractivity contribution in [1.82, 2.24) is 0 Å². The van der Waals surface area contributed by atoms with Crippen LogP contribution < -0.4 is 14.6 Å². The quantitative estimate of drug-likeness (QED) is 0.446. The van der Waals surface area contributed by atoms with Gasteiger partial charge in [-0.25, -0.2) is 9.59 Å². The molecular weight excluding hydrogens is 352 g/mol. The number of aliphatic carboxylic acids is 1. The average Bonchev–Trinajstić information content (AvgIpc) is 2.59. The summed E-state index contributed by atoms with van der Waals surface area (Å²) in [5.74, 6) is -1.45. The van der Waals surface area contributed by atoms with Crippen molar-refractivity contribution >= 4 is 40.8 Å². The Labute approximate surface area is 146 Å². The lowest BCUT2D eigenvalue weighted by molar-refractivity contribution is -0.301. The Morgan fingerprint density at radius 2 is 1.48 bits per heavy atom. The number of carboxylic acids is 1. The Kier molecular flexibility index (Phi) is 6.07. The van der Waals surface area contributed by atoms with Gasteiger partial charge in [0, 0.05) is 10.6 Å². The lowest BCUT2D eigenvalue weighted by Crippen LogP contribution is -2.24. The van der Waals surface area contributed by atoms with Crippen LogP contribution in [0.25, 0.3) is 10.8 Å². The first-order valence-corrected chi connectivity index (χ1v) is 7.83. The average molecular weight is 365 g/mol. The van der Waals surface area contributed by atoms with E-state index in [1.54, 1.807) is 18.2 Å². The van der Waals surface area contributed by atoms with Crippen molar-refractivity contribution in [3.8, 4) is 11.5 Å². The third kappa shape index (κ3) is 5.01. The van der Waals surface area contributed by atoms with Crippen LogP contribution >= 0.6 is 11.8 Å². The van der Waals surface area contributed by atoms with Crippen molar-refractivity contribution in [1.29, 1.82) is 0 Å². The minimum absolute atomic E-state index is 0.0279. The lowest BCUT2D eigenvalue weighted by Gasteiger charge is -2.11. The first-order chi connectivity index (χ1) is 11.9. The van der Waals surface area contributed by atoms with Crippen LogP contribution in [0, 0.1) is 0 Å². The number of hydrogen-bond donors (Lipinski definition) is 0. The van der Waals surface area contributed by atoms with E-state index < -0.39 is 18.3 Å². The van der Waals surface area contributed by atoms with E-state index in [9.17, 15) is 19.5 Å². The molecule has 0 saturated carbocycles. The molecule has 25 heavy (non-hydrogen) atoms. The summed E-state index contributed by atoms with van der Waals surface area (Å²) in [6.45, 7) is 0. The molecule has 0 aliphatic carbocycles. The fourth-order valence-electron chi connectivity index (χ4n) is 1.89. The van der Waals surface area contributed by atoms with E-state index in [1.807, 2.05) is 0 Å². The number of benzene rings is 2. The number of methoxy groups -OCH3 is 2. The predicted octanol–water partition coefficient (Wildman–Crippen LogP) is 1.97. The second kappa shape index (κ2) is 8.25. The Hall–Kier alpha value is -2.94. The van der Waals surface area contributed by atoms with E-state index in [4.69, 9.17) is 9.47 Å². The molecule has 0 aliphatic rings. The highest BCUT2D eigenvalue weighted by atomic mass is 32.2. The van der Waals surface area contributed by atoms with Crippen molar-refractivity contribution in [2.24, 2.45) is 0 Å². The van der Waals surface area contributed by atoms with E-state index in [-0.39, 0.29) is 17.3 Å². The normalized spacial score (nSPS) is 10.2. The summed E-state index contributed by atoms with van der Waals surface area (Å²) in [5.41, 5.74) is 0. The summed E-state index contributed by atoms with van der Waals surface area (Å²) in [6.07, 6.45) is -1.97. The molecule has 0 radical (unpaired) electrons. The molecule has 9 heteroatoms. The molecule has 2 rings (SSSR count). The van der Waals surface area contributed by atoms with Gasteiger partial charge in [0.1, 0.15) is 0 Å². The third-order valence-corrected chi connectivity index (χ3v) is 3.92. The molecule has 0 N–H and O–H groups in total. The molecule has 0 aliphatic heterocycles. The van der Waals surface area contributed by atoms with Crippen molar-refractivity contribution in [3.63, 3.8) is 0 Å². The summed E-state index contributed by atoms with van der Waals surface area (Å²) in [6, 6.07) is 8.07. The van der Waals surface area contributed by atoms with Crippen molar-refractivity contribution in [2.75, 3.05) is 20.0 Å². The van der Waals surface area contributed by atoms with Gasteiger partial charge in [0.2, 0.25) is 0 Å². The Morgan fingerprint density at radius 3 is 2.00 bits per heavy atom. The molecule has 0 atom stereocenters. The van der Waals surface area contributed by atoms with Crippen molar-refractivity contribution in [2.45, 2.75) is 4.90 Å². The standard InChI is InChI=1S/C16H14O8S/c1-21-15(19)23-12-6-9-3-4-11(25-8-14(17)18)5-10(9)7-13(12)24-16(20)22-2/h3-7H,8H2,1-2H3,(H,17,18)/p-1. The molecule has 0 amide bonds. The van der Waals surface area contributed by atoms with Gasteiger partial charge in [-0.3, -0.25) is 0 Å². The Bertz CT molecular complexity index is 817. The highest BCUT2D eigenvalue weighted by Crippen LogP contribution is 2.35. The first kappa shape index (κ1) is 18.4. The fourth-order valence-corrected chi connectivity index (χ4v) is 2.55. The molecule has 2 aromatic rings. The number of hydrogen-bond acceptors (Lipinski definition) is 9. The number of fused-ring (bicyclic) bond motifs is 1. The molecule has 0 heterocycles. The minimum atomic E-state index is -1.18. The summed E-state index contributed by atoms with van der Waals surface area (Å²) in [4.78, 5) is 34.0. The first-order valence-electron chi connectivity index (χ1n) is 6.85. The van der Waals surface area contributed by atoms with Crippen LogP contribution in [0.1, 0.15) is 0 Å².